The molecule has 10 rings (SSSR count). The Hall–Kier alpha value is -6.44. The van der Waals surface area contributed by atoms with Crippen LogP contribution in [0.4, 0.5) is 0 Å². The van der Waals surface area contributed by atoms with Crippen LogP contribution in [0.5, 0.6) is 0 Å². The second-order valence-corrected chi connectivity index (χ2v) is 12.4. The van der Waals surface area contributed by atoms with E-state index in [1.54, 1.807) is 0 Å². The van der Waals surface area contributed by atoms with E-state index in [-0.39, 0.29) is 29.7 Å². The Bertz CT molecular complexity index is 3070. The number of fused-ring (bicyclic) bond motifs is 6. The summed E-state index contributed by atoms with van der Waals surface area (Å²) in [4.78, 5) is 0. The largest absolute Gasteiger partial charge is 0.456 e. The summed E-state index contributed by atoms with van der Waals surface area (Å²) in [5.74, 6) is 0. The van der Waals surface area contributed by atoms with Crippen LogP contribution in [0.15, 0.2) is 186 Å². The van der Waals surface area contributed by atoms with Crippen molar-refractivity contribution in [3.05, 3.63) is 182 Å². The summed E-state index contributed by atoms with van der Waals surface area (Å²) >= 11 is 0. The SMILES string of the molecule is [2H]c1c([2H])c([2H])c(-c2ccc(-c3ccccc3-c3c4ccccc4c(-c4cccc5oc6cc7ccccc7cc6c45)c4ccccc34)cc2)c([2H])c1[2H]. The first kappa shape index (κ1) is 23.0. The first-order chi connectivity index (χ1) is 26.4. The molecule has 0 fully saturated rings. The van der Waals surface area contributed by atoms with Crippen LogP contribution in [0.2, 0.25) is 0 Å². The van der Waals surface area contributed by atoms with Gasteiger partial charge in [-0.1, -0.05) is 164 Å². The molecule has 49 heavy (non-hydrogen) atoms. The minimum Gasteiger partial charge on any atom is -0.456 e. The molecule has 0 unspecified atom stereocenters. The minimum atomic E-state index is -0.395. The van der Waals surface area contributed by atoms with E-state index < -0.39 is 6.04 Å². The van der Waals surface area contributed by atoms with E-state index in [1.165, 1.54) is 5.39 Å². The highest BCUT2D eigenvalue weighted by Crippen LogP contribution is 2.48. The third-order valence-electron chi connectivity index (χ3n) is 9.75. The minimum absolute atomic E-state index is 0.196. The summed E-state index contributed by atoms with van der Waals surface area (Å²) < 4.78 is 47.9. The standard InChI is InChI=1S/C48H30O/c1-2-13-31(14-3-1)32-25-27-33(28-26-32)36-17-6-7-18-37(36)46-38-19-8-10-21-40(38)47(41-22-11-9-20-39(41)46)42-23-12-24-44-48(42)43-29-34-15-4-5-16-35(34)30-45(43)49-44/h1-30H/i1D,2D,3D,13D,14D. The second kappa shape index (κ2) is 11.1. The van der Waals surface area contributed by atoms with Crippen molar-refractivity contribution in [2.75, 3.05) is 0 Å². The van der Waals surface area contributed by atoms with E-state index in [1.807, 2.05) is 30.3 Å². The van der Waals surface area contributed by atoms with E-state index in [2.05, 4.69) is 121 Å². The molecule has 1 aromatic heterocycles. The van der Waals surface area contributed by atoms with Gasteiger partial charge in [-0.05, 0) is 95.0 Å². The fraction of sp³-hybridized carbons (Fsp3) is 0. The molecule has 0 spiro atoms. The monoisotopic (exact) mass is 627 g/mol. The molecule has 1 heterocycles. The molecule has 1 heteroatoms. The van der Waals surface area contributed by atoms with Crippen LogP contribution in [-0.4, -0.2) is 0 Å². The molecular formula is C48H30O. The Balaban J connectivity index is 1.21. The van der Waals surface area contributed by atoms with Gasteiger partial charge >= 0.3 is 0 Å². The summed E-state index contributed by atoms with van der Waals surface area (Å²) in [6.45, 7) is 0. The Labute approximate surface area is 291 Å². The number of furan rings is 1. The summed E-state index contributed by atoms with van der Waals surface area (Å²) in [7, 11) is 0. The van der Waals surface area contributed by atoms with E-state index >= 15 is 0 Å². The third kappa shape index (κ3) is 4.40. The van der Waals surface area contributed by atoms with E-state index in [0.717, 1.165) is 82.3 Å². The van der Waals surface area contributed by atoms with Gasteiger partial charge in [0.15, 0.2) is 0 Å². The van der Waals surface area contributed by atoms with Gasteiger partial charge in [0, 0.05) is 10.8 Å². The maximum absolute atomic E-state index is 8.50. The quantitative estimate of drug-likeness (QED) is 0.177. The molecule has 0 aliphatic heterocycles. The van der Waals surface area contributed by atoms with Gasteiger partial charge in [-0.15, -0.1) is 0 Å². The number of hydrogen-bond acceptors (Lipinski definition) is 1. The molecule has 0 N–H and O–H groups in total. The molecule has 0 saturated carbocycles. The van der Waals surface area contributed by atoms with Crippen molar-refractivity contribution in [2.24, 2.45) is 0 Å². The molecule has 9 aromatic carbocycles. The van der Waals surface area contributed by atoms with Crippen molar-refractivity contribution in [3.8, 4) is 44.5 Å². The van der Waals surface area contributed by atoms with Gasteiger partial charge in [-0.25, -0.2) is 0 Å². The predicted molar refractivity (Wildman–Crippen MR) is 208 cm³/mol. The predicted octanol–water partition coefficient (Wildman–Crippen LogP) is 13.7. The average Bonchev–Trinajstić information content (AvgIpc) is 3.58. The molecule has 0 atom stereocenters. The summed E-state index contributed by atoms with van der Waals surface area (Å²) in [6.07, 6.45) is 0. The molecule has 0 aliphatic rings. The van der Waals surface area contributed by atoms with Crippen LogP contribution in [-0.2, 0) is 0 Å². The first-order valence-electron chi connectivity index (χ1n) is 18.9. The lowest BCUT2D eigenvalue weighted by Crippen LogP contribution is -1.93. The van der Waals surface area contributed by atoms with Crippen molar-refractivity contribution < 1.29 is 11.3 Å². The zero-order valence-corrected chi connectivity index (χ0v) is 26.3. The van der Waals surface area contributed by atoms with Crippen molar-refractivity contribution >= 4 is 54.3 Å². The Morgan fingerprint density at radius 1 is 0.367 bits per heavy atom. The van der Waals surface area contributed by atoms with Crippen LogP contribution in [0, 0.1) is 0 Å². The van der Waals surface area contributed by atoms with Crippen molar-refractivity contribution in [1.82, 2.24) is 0 Å². The van der Waals surface area contributed by atoms with Gasteiger partial charge in [0.2, 0.25) is 0 Å². The highest BCUT2D eigenvalue weighted by Gasteiger charge is 2.21. The van der Waals surface area contributed by atoms with Gasteiger partial charge in [0.25, 0.3) is 0 Å². The van der Waals surface area contributed by atoms with E-state index in [4.69, 9.17) is 11.3 Å². The van der Waals surface area contributed by atoms with Crippen LogP contribution in [0.1, 0.15) is 6.85 Å². The van der Waals surface area contributed by atoms with Crippen LogP contribution in [0.25, 0.3) is 98.8 Å². The molecule has 1 nitrogen and oxygen atoms in total. The molecule has 10 aromatic rings. The van der Waals surface area contributed by atoms with Crippen LogP contribution in [0.3, 0.4) is 0 Å². The van der Waals surface area contributed by atoms with Gasteiger partial charge in [0.05, 0.1) is 6.85 Å². The maximum atomic E-state index is 8.50. The maximum Gasteiger partial charge on any atom is 0.136 e. The average molecular weight is 628 g/mol. The summed E-state index contributed by atoms with van der Waals surface area (Å²) in [5, 5.41) is 9.04. The lowest BCUT2D eigenvalue weighted by Gasteiger charge is -2.20. The van der Waals surface area contributed by atoms with E-state index in [9.17, 15) is 0 Å². The molecule has 228 valence electrons. The molecule has 0 aliphatic carbocycles. The number of hydrogen-bond donors (Lipinski definition) is 0. The molecule has 0 bridgehead atoms. The van der Waals surface area contributed by atoms with E-state index in [0.29, 0.717) is 5.56 Å². The fourth-order valence-electron chi connectivity index (χ4n) is 7.59. The fourth-order valence-corrected chi connectivity index (χ4v) is 7.59. The highest BCUT2D eigenvalue weighted by atomic mass is 16.3. The normalized spacial score (nSPS) is 13.1. The van der Waals surface area contributed by atoms with Gasteiger partial charge < -0.3 is 4.42 Å². The lowest BCUT2D eigenvalue weighted by molar-refractivity contribution is 0.669. The number of benzene rings is 9. The smallest absolute Gasteiger partial charge is 0.136 e. The van der Waals surface area contributed by atoms with Crippen LogP contribution < -0.4 is 0 Å². The van der Waals surface area contributed by atoms with Gasteiger partial charge in [-0.2, -0.15) is 0 Å². The van der Waals surface area contributed by atoms with Crippen LogP contribution >= 0.6 is 0 Å². The zero-order chi connectivity index (χ0) is 36.7. The Morgan fingerprint density at radius 2 is 0.898 bits per heavy atom. The van der Waals surface area contributed by atoms with Gasteiger partial charge in [-0.3, -0.25) is 0 Å². The summed E-state index contributed by atoms with van der Waals surface area (Å²) in [5.41, 5.74) is 8.97. The number of rotatable bonds is 4. The Morgan fingerprint density at radius 3 is 1.57 bits per heavy atom. The van der Waals surface area contributed by atoms with Crippen molar-refractivity contribution in [2.45, 2.75) is 0 Å². The molecule has 0 radical (unpaired) electrons. The molecule has 0 saturated heterocycles. The Kier molecular flexibility index (Phi) is 5.20. The molecule has 0 amide bonds. The summed E-state index contributed by atoms with van der Waals surface area (Å²) in [6, 6.07) is 50.9. The lowest BCUT2D eigenvalue weighted by atomic mass is 9.83. The van der Waals surface area contributed by atoms with Gasteiger partial charge in [0.1, 0.15) is 11.2 Å². The topological polar surface area (TPSA) is 13.1 Å². The second-order valence-electron chi connectivity index (χ2n) is 12.4. The van der Waals surface area contributed by atoms with Crippen molar-refractivity contribution in [1.29, 1.82) is 0 Å². The third-order valence-corrected chi connectivity index (χ3v) is 9.75. The highest BCUT2D eigenvalue weighted by molar-refractivity contribution is 6.26. The van der Waals surface area contributed by atoms with Crippen molar-refractivity contribution in [3.63, 3.8) is 0 Å². The molecular weight excluding hydrogens is 593 g/mol. The first-order valence-corrected chi connectivity index (χ1v) is 16.4. The zero-order valence-electron chi connectivity index (χ0n) is 31.3.